The van der Waals surface area contributed by atoms with Gasteiger partial charge in [0.2, 0.25) is 5.78 Å². The average Bonchev–Trinajstić information content (AvgIpc) is 3.07. The number of Topliss-reactive ketones (excluding diaryl/α,β-unsaturated/α-hetero) is 1. The fourth-order valence-electron chi connectivity index (χ4n) is 3.39. The summed E-state index contributed by atoms with van der Waals surface area (Å²) in [6.07, 6.45) is 1.74. The molecule has 0 fully saturated rings. The van der Waals surface area contributed by atoms with Gasteiger partial charge in [0.15, 0.2) is 6.61 Å². The van der Waals surface area contributed by atoms with Crippen molar-refractivity contribution in [3.05, 3.63) is 99.4 Å². The maximum absolute atomic E-state index is 12.6. The first-order valence-electron chi connectivity index (χ1n) is 10.2. The number of esters is 1. The van der Waals surface area contributed by atoms with Gasteiger partial charge in [0.1, 0.15) is 0 Å². The quantitative estimate of drug-likeness (QED) is 0.133. The van der Waals surface area contributed by atoms with E-state index in [-0.39, 0.29) is 17.0 Å². The molecule has 0 N–H and O–H groups in total. The van der Waals surface area contributed by atoms with E-state index in [0.717, 1.165) is 21.8 Å². The van der Waals surface area contributed by atoms with Gasteiger partial charge in [-0.25, -0.2) is 4.79 Å². The number of aryl methyl sites for hydroxylation is 2. The Morgan fingerprint density at radius 2 is 1.82 bits per heavy atom. The van der Waals surface area contributed by atoms with E-state index in [9.17, 15) is 19.7 Å². The van der Waals surface area contributed by atoms with Crippen molar-refractivity contribution in [3.63, 3.8) is 0 Å². The normalized spacial score (nSPS) is 10.6. The zero-order valence-electron chi connectivity index (χ0n) is 18.7. The summed E-state index contributed by atoms with van der Waals surface area (Å²) in [6.45, 7) is 9.49. The van der Waals surface area contributed by atoms with Crippen LogP contribution in [0.5, 0.6) is 0 Å². The van der Waals surface area contributed by atoms with E-state index < -0.39 is 17.5 Å². The lowest BCUT2D eigenvalue weighted by molar-refractivity contribution is -0.387. The first-order valence-corrected chi connectivity index (χ1v) is 11.0. The summed E-state index contributed by atoms with van der Waals surface area (Å²) < 4.78 is 7.11. The van der Waals surface area contributed by atoms with E-state index in [1.165, 1.54) is 30.0 Å². The first-order chi connectivity index (χ1) is 15.7. The number of aromatic nitrogens is 1. The van der Waals surface area contributed by atoms with Crippen LogP contribution in [0.3, 0.4) is 0 Å². The van der Waals surface area contributed by atoms with Gasteiger partial charge in [-0.05, 0) is 51.1 Å². The van der Waals surface area contributed by atoms with Crippen molar-refractivity contribution in [2.75, 3.05) is 6.61 Å². The summed E-state index contributed by atoms with van der Waals surface area (Å²) >= 11 is 1.24. The zero-order valence-corrected chi connectivity index (χ0v) is 19.5. The van der Waals surface area contributed by atoms with Crippen LogP contribution in [0.1, 0.15) is 37.7 Å². The lowest BCUT2D eigenvalue weighted by Gasteiger charge is -2.08. The van der Waals surface area contributed by atoms with Crippen molar-refractivity contribution in [3.8, 4) is 0 Å². The summed E-state index contributed by atoms with van der Waals surface area (Å²) in [7, 11) is 0. The molecule has 0 saturated carbocycles. The Bertz CT molecular complexity index is 1230. The van der Waals surface area contributed by atoms with E-state index in [0.29, 0.717) is 17.0 Å². The highest BCUT2D eigenvalue weighted by Gasteiger charge is 2.21. The second-order valence-electron chi connectivity index (χ2n) is 7.54. The average molecular weight is 465 g/mol. The van der Waals surface area contributed by atoms with Gasteiger partial charge in [-0.2, -0.15) is 0 Å². The van der Waals surface area contributed by atoms with Gasteiger partial charge in [0.05, 0.1) is 15.4 Å². The molecule has 33 heavy (non-hydrogen) atoms. The fourth-order valence-corrected chi connectivity index (χ4v) is 4.29. The molecule has 0 unspecified atom stereocenters. The summed E-state index contributed by atoms with van der Waals surface area (Å²) in [5.41, 5.74) is 3.04. The predicted octanol–water partition coefficient (Wildman–Crippen LogP) is 5.70. The molecule has 0 saturated heterocycles. The molecule has 170 valence electrons. The number of allylic oxidation sites excluding steroid dienone is 1. The molecular weight excluding hydrogens is 440 g/mol. The standard InChI is InChI=1S/C25H24N2O5S/c1-5-12-26-17(3)13-21(18(26)4)23(28)15-32-25(29)19-8-11-24(22(14-19)27(30)31)33-20-9-6-16(2)7-10-20/h5-11,13-14H,1,12,15H2,2-4H3. The highest BCUT2D eigenvalue weighted by atomic mass is 32.2. The number of hydrogen-bond acceptors (Lipinski definition) is 6. The first kappa shape index (κ1) is 24.0. The summed E-state index contributed by atoms with van der Waals surface area (Å²) in [6, 6.07) is 13.5. The second kappa shape index (κ2) is 10.3. The number of ketones is 1. The van der Waals surface area contributed by atoms with E-state index in [4.69, 9.17) is 4.74 Å². The van der Waals surface area contributed by atoms with Crippen LogP contribution in [0.4, 0.5) is 5.69 Å². The van der Waals surface area contributed by atoms with E-state index >= 15 is 0 Å². The van der Waals surface area contributed by atoms with Crippen LogP contribution in [-0.2, 0) is 11.3 Å². The van der Waals surface area contributed by atoms with E-state index in [1.54, 1.807) is 12.1 Å². The third-order valence-electron chi connectivity index (χ3n) is 5.16. The zero-order chi connectivity index (χ0) is 24.1. The largest absolute Gasteiger partial charge is 0.454 e. The topological polar surface area (TPSA) is 91.4 Å². The Balaban J connectivity index is 1.73. The number of nitro groups is 1. The minimum atomic E-state index is -0.793. The van der Waals surface area contributed by atoms with Gasteiger partial charge >= 0.3 is 5.97 Å². The number of carbonyl (C=O) groups excluding carboxylic acids is 2. The van der Waals surface area contributed by atoms with Crippen LogP contribution in [0.25, 0.3) is 0 Å². The van der Waals surface area contributed by atoms with Crippen LogP contribution >= 0.6 is 11.8 Å². The molecular formula is C25H24N2O5S. The number of nitrogens with zero attached hydrogens (tertiary/aromatic N) is 2. The molecule has 2 aromatic carbocycles. The maximum Gasteiger partial charge on any atom is 0.338 e. The molecule has 3 aromatic rings. The molecule has 0 atom stereocenters. The van der Waals surface area contributed by atoms with Crippen LogP contribution in [-0.4, -0.2) is 27.8 Å². The Hall–Kier alpha value is -3.65. The van der Waals surface area contributed by atoms with Crippen LogP contribution < -0.4 is 0 Å². The fraction of sp³-hybridized carbons (Fsp3) is 0.200. The molecule has 0 spiro atoms. The molecule has 0 bridgehead atoms. The van der Waals surface area contributed by atoms with Crippen molar-refractivity contribution < 1.29 is 19.2 Å². The Morgan fingerprint density at radius 1 is 1.12 bits per heavy atom. The van der Waals surface area contributed by atoms with Crippen molar-refractivity contribution in [1.82, 2.24) is 4.57 Å². The number of nitro benzene ring substituents is 1. The lowest BCUT2D eigenvalue weighted by Crippen LogP contribution is -2.15. The smallest absolute Gasteiger partial charge is 0.338 e. The van der Waals surface area contributed by atoms with Gasteiger partial charge in [0.25, 0.3) is 5.69 Å². The van der Waals surface area contributed by atoms with E-state index in [2.05, 4.69) is 6.58 Å². The highest BCUT2D eigenvalue weighted by Crippen LogP contribution is 2.35. The highest BCUT2D eigenvalue weighted by molar-refractivity contribution is 7.99. The van der Waals surface area contributed by atoms with Crippen LogP contribution in [0.2, 0.25) is 0 Å². The van der Waals surface area contributed by atoms with Gasteiger partial charge in [-0.1, -0.05) is 35.5 Å². The van der Waals surface area contributed by atoms with E-state index in [1.807, 2.05) is 49.6 Å². The third kappa shape index (κ3) is 5.59. The molecule has 0 aliphatic rings. The minimum absolute atomic E-state index is 0.0138. The molecule has 7 nitrogen and oxygen atoms in total. The van der Waals surface area contributed by atoms with Gasteiger partial charge in [-0.15, -0.1) is 6.58 Å². The molecule has 0 radical (unpaired) electrons. The monoisotopic (exact) mass is 464 g/mol. The summed E-state index contributed by atoms with van der Waals surface area (Å²) in [5, 5.41) is 11.6. The molecule has 0 aliphatic carbocycles. The Labute approximate surface area is 196 Å². The molecule has 1 aromatic heterocycles. The van der Waals surface area contributed by atoms with Gasteiger partial charge < -0.3 is 9.30 Å². The van der Waals surface area contributed by atoms with Crippen molar-refractivity contribution in [2.45, 2.75) is 37.1 Å². The number of ether oxygens (including phenoxy) is 1. The Morgan fingerprint density at radius 3 is 2.45 bits per heavy atom. The van der Waals surface area contributed by atoms with Gasteiger partial charge in [-0.3, -0.25) is 14.9 Å². The van der Waals surface area contributed by atoms with Gasteiger partial charge in [0, 0.05) is 34.5 Å². The third-order valence-corrected chi connectivity index (χ3v) is 6.23. The SMILES string of the molecule is C=CCn1c(C)cc(C(=O)COC(=O)c2ccc(Sc3ccc(C)cc3)c([N+](=O)[O-])c2)c1C. The molecule has 3 rings (SSSR count). The number of hydrogen-bond donors (Lipinski definition) is 0. The molecule has 0 amide bonds. The predicted molar refractivity (Wildman–Crippen MR) is 127 cm³/mol. The number of rotatable bonds is 9. The molecule has 0 aliphatic heterocycles. The maximum atomic E-state index is 12.6. The van der Waals surface area contributed by atoms with Crippen molar-refractivity contribution in [2.24, 2.45) is 0 Å². The second-order valence-corrected chi connectivity index (χ2v) is 8.65. The van der Waals surface area contributed by atoms with Crippen molar-refractivity contribution >= 4 is 29.2 Å². The summed E-state index contributed by atoms with van der Waals surface area (Å²) in [5.74, 6) is -1.13. The molecule has 1 heterocycles. The van der Waals surface area contributed by atoms with Crippen LogP contribution in [0.15, 0.2) is 71.0 Å². The molecule has 8 heteroatoms. The van der Waals surface area contributed by atoms with Crippen molar-refractivity contribution in [1.29, 1.82) is 0 Å². The Kier molecular flexibility index (Phi) is 7.50. The summed E-state index contributed by atoms with van der Waals surface area (Å²) in [4.78, 5) is 37.4. The number of benzene rings is 2. The van der Waals surface area contributed by atoms with Crippen LogP contribution in [0, 0.1) is 30.9 Å². The lowest BCUT2D eigenvalue weighted by atomic mass is 10.1. The minimum Gasteiger partial charge on any atom is -0.454 e. The number of carbonyl (C=O) groups is 2.